The van der Waals surface area contributed by atoms with Gasteiger partial charge in [-0.2, -0.15) is 5.21 Å². The molecule has 1 fully saturated rings. The fourth-order valence-electron chi connectivity index (χ4n) is 4.02. The number of aromatic amines is 1. The molecule has 2 aromatic heterocycles. The van der Waals surface area contributed by atoms with Crippen molar-refractivity contribution in [2.75, 3.05) is 12.3 Å². The van der Waals surface area contributed by atoms with Crippen LogP contribution in [-0.4, -0.2) is 47.3 Å². The Labute approximate surface area is 212 Å². The molecule has 0 unspecified atom stereocenters. The molecule has 1 saturated heterocycles. The summed E-state index contributed by atoms with van der Waals surface area (Å²) in [5, 5.41) is 14.9. The third kappa shape index (κ3) is 5.23. The van der Waals surface area contributed by atoms with E-state index in [4.69, 9.17) is 18.0 Å². The van der Waals surface area contributed by atoms with Crippen molar-refractivity contribution < 1.29 is 4.79 Å². The molecule has 0 atom stereocenters. The number of hydrogen-bond acceptors (Lipinski definition) is 8. The highest BCUT2D eigenvalue weighted by atomic mass is 32.2. The molecule has 1 amide bonds. The SMILES string of the molecule is Nc1ccnc2ccc(-c3cccc(/C=C4\SC(=S)N(CCCCCc5nn[nH]n5)C4=O)c3)cc12. The fraction of sp³-hybridized carbons (Fsp3) is 0.200. The molecular formula is C25H23N7OS2. The van der Waals surface area contributed by atoms with Crippen LogP contribution in [-0.2, 0) is 11.2 Å². The summed E-state index contributed by atoms with van der Waals surface area (Å²) in [5.74, 6) is 0.678. The zero-order valence-corrected chi connectivity index (χ0v) is 20.5. The third-order valence-electron chi connectivity index (χ3n) is 5.84. The standard InChI is InChI=1S/C25H23N7OS2/c26-20-10-11-27-21-9-8-18(15-19(20)21)17-6-4-5-16(13-17)14-22-24(33)32(25(34)35-22)12-3-1-2-7-23-28-30-31-29-23/h4-6,8-11,13-15H,1-3,7,12H2,(H2,26,27)(H,28,29,30,31)/b22-14-. The van der Waals surface area contributed by atoms with Gasteiger partial charge in [0.05, 0.1) is 10.4 Å². The molecule has 0 aliphatic carbocycles. The number of aromatic nitrogens is 5. The lowest BCUT2D eigenvalue weighted by atomic mass is 10.0. The highest BCUT2D eigenvalue weighted by Crippen LogP contribution is 2.34. The molecule has 4 aromatic rings. The summed E-state index contributed by atoms with van der Waals surface area (Å²) in [6.07, 6.45) is 7.16. The molecule has 0 spiro atoms. The summed E-state index contributed by atoms with van der Waals surface area (Å²) in [6.45, 7) is 0.612. The van der Waals surface area contributed by atoms with Crippen LogP contribution >= 0.6 is 24.0 Å². The first-order valence-corrected chi connectivity index (χ1v) is 12.5. The number of carbonyl (C=O) groups excluding carboxylic acids is 1. The smallest absolute Gasteiger partial charge is 0.266 e. The van der Waals surface area contributed by atoms with Crippen molar-refractivity contribution in [1.29, 1.82) is 0 Å². The first-order valence-electron chi connectivity index (χ1n) is 11.3. The van der Waals surface area contributed by atoms with E-state index >= 15 is 0 Å². The fourth-order valence-corrected chi connectivity index (χ4v) is 5.33. The quantitative estimate of drug-likeness (QED) is 0.204. The summed E-state index contributed by atoms with van der Waals surface area (Å²) in [4.78, 5) is 19.7. The number of benzene rings is 2. The summed E-state index contributed by atoms with van der Waals surface area (Å²) in [7, 11) is 0. The van der Waals surface area contributed by atoms with Gasteiger partial charge in [0.25, 0.3) is 5.91 Å². The number of tetrazole rings is 1. The number of nitrogen functional groups attached to an aromatic ring is 1. The van der Waals surface area contributed by atoms with Crippen LogP contribution in [0.15, 0.2) is 59.6 Å². The number of carbonyl (C=O) groups is 1. The lowest BCUT2D eigenvalue weighted by Gasteiger charge is -2.13. The molecule has 35 heavy (non-hydrogen) atoms. The monoisotopic (exact) mass is 501 g/mol. The largest absolute Gasteiger partial charge is 0.398 e. The van der Waals surface area contributed by atoms with E-state index in [1.165, 1.54) is 11.8 Å². The van der Waals surface area contributed by atoms with Crippen molar-refractivity contribution in [1.82, 2.24) is 30.5 Å². The van der Waals surface area contributed by atoms with E-state index in [1.54, 1.807) is 17.2 Å². The molecule has 0 bridgehead atoms. The molecule has 10 heteroatoms. The molecule has 1 aliphatic rings. The summed E-state index contributed by atoms with van der Waals surface area (Å²) in [5.41, 5.74) is 10.7. The number of unbranched alkanes of at least 4 members (excludes halogenated alkanes) is 2. The molecule has 8 nitrogen and oxygen atoms in total. The maximum Gasteiger partial charge on any atom is 0.266 e. The van der Waals surface area contributed by atoms with Crippen molar-refractivity contribution >= 4 is 56.9 Å². The molecule has 3 N–H and O–H groups in total. The predicted octanol–water partition coefficient (Wildman–Crippen LogP) is 4.61. The van der Waals surface area contributed by atoms with Crippen LogP contribution < -0.4 is 5.73 Å². The topological polar surface area (TPSA) is 114 Å². The Bertz CT molecular complexity index is 1420. The minimum Gasteiger partial charge on any atom is -0.398 e. The van der Waals surface area contributed by atoms with Gasteiger partial charge in [0.2, 0.25) is 0 Å². The number of anilines is 1. The van der Waals surface area contributed by atoms with Crippen molar-refractivity contribution in [2.24, 2.45) is 0 Å². The van der Waals surface area contributed by atoms with Gasteiger partial charge in [-0.3, -0.25) is 14.7 Å². The number of thioether (sulfide) groups is 1. The van der Waals surface area contributed by atoms with E-state index in [0.717, 1.165) is 53.3 Å². The van der Waals surface area contributed by atoms with Crippen molar-refractivity contribution in [3.8, 4) is 11.1 Å². The average Bonchev–Trinajstić information content (AvgIpc) is 3.48. The van der Waals surface area contributed by atoms with Gasteiger partial charge in [-0.1, -0.05) is 59.9 Å². The van der Waals surface area contributed by atoms with Crippen molar-refractivity contribution in [3.05, 3.63) is 71.0 Å². The highest BCUT2D eigenvalue weighted by Gasteiger charge is 2.31. The Kier molecular flexibility index (Phi) is 6.82. The number of pyridine rings is 1. The molecule has 2 aromatic carbocycles. The number of H-pyrrole nitrogens is 1. The van der Waals surface area contributed by atoms with E-state index < -0.39 is 0 Å². The lowest BCUT2D eigenvalue weighted by Crippen LogP contribution is -2.29. The number of fused-ring (bicyclic) bond motifs is 1. The number of thiocarbonyl (C=S) groups is 1. The minimum absolute atomic E-state index is 0.0341. The van der Waals surface area contributed by atoms with Crippen LogP contribution in [0.4, 0.5) is 5.69 Å². The van der Waals surface area contributed by atoms with Gasteiger partial charge in [-0.15, -0.1) is 10.2 Å². The predicted molar refractivity (Wildman–Crippen MR) is 143 cm³/mol. The Morgan fingerprint density at radius 3 is 2.83 bits per heavy atom. The van der Waals surface area contributed by atoms with Crippen LogP contribution in [0.1, 0.15) is 30.7 Å². The summed E-state index contributed by atoms with van der Waals surface area (Å²) < 4.78 is 0.605. The molecule has 3 heterocycles. The number of aryl methyl sites for hydroxylation is 1. The number of rotatable bonds is 8. The number of amides is 1. The molecule has 0 radical (unpaired) electrons. The van der Waals surface area contributed by atoms with Gasteiger partial charge in [0.1, 0.15) is 4.32 Å². The van der Waals surface area contributed by atoms with Gasteiger partial charge in [0, 0.05) is 30.2 Å². The zero-order chi connectivity index (χ0) is 24.2. The van der Waals surface area contributed by atoms with E-state index in [9.17, 15) is 4.79 Å². The van der Waals surface area contributed by atoms with Crippen LogP contribution in [0.25, 0.3) is 28.1 Å². The summed E-state index contributed by atoms with van der Waals surface area (Å²) >= 11 is 6.85. The van der Waals surface area contributed by atoms with E-state index in [1.807, 2.05) is 36.4 Å². The van der Waals surface area contributed by atoms with Gasteiger partial charge in [-0.25, -0.2) is 0 Å². The van der Waals surface area contributed by atoms with Gasteiger partial charge in [-0.05, 0) is 59.9 Å². The number of nitrogens with two attached hydrogens (primary N) is 1. The molecule has 5 rings (SSSR count). The maximum atomic E-state index is 13.0. The van der Waals surface area contributed by atoms with Gasteiger partial charge < -0.3 is 5.73 Å². The summed E-state index contributed by atoms with van der Waals surface area (Å²) in [6, 6.07) is 16.0. The van der Waals surface area contributed by atoms with E-state index in [-0.39, 0.29) is 5.91 Å². The third-order valence-corrected chi connectivity index (χ3v) is 7.22. The highest BCUT2D eigenvalue weighted by molar-refractivity contribution is 8.26. The first kappa shape index (κ1) is 23.1. The minimum atomic E-state index is -0.0341. The van der Waals surface area contributed by atoms with Crippen LogP contribution in [0, 0.1) is 0 Å². The first-order chi connectivity index (χ1) is 17.1. The normalized spacial score (nSPS) is 15.0. The van der Waals surface area contributed by atoms with Crippen molar-refractivity contribution in [2.45, 2.75) is 25.7 Å². The second-order valence-corrected chi connectivity index (χ2v) is 9.91. The number of hydrogen-bond donors (Lipinski definition) is 2. The van der Waals surface area contributed by atoms with E-state index in [2.05, 4.69) is 37.7 Å². The Balaban J connectivity index is 1.26. The zero-order valence-electron chi connectivity index (χ0n) is 18.8. The van der Waals surface area contributed by atoms with Crippen molar-refractivity contribution in [3.63, 3.8) is 0 Å². The molecule has 1 aliphatic heterocycles. The number of nitrogens with zero attached hydrogens (tertiary/aromatic N) is 5. The average molecular weight is 502 g/mol. The Hall–Kier alpha value is -3.63. The maximum absolute atomic E-state index is 13.0. The number of nitrogens with one attached hydrogen (secondary N) is 1. The van der Waals surface area contributed by atoms with Crippen LogP contribution in [0.5, 0.6) is 0 Å². The lowest BCUT2D eigenvalue weighted by molar-refractivity contribution is -0.122. The van der Waals surface area contributed by atoms with E-state index in [0.29, 0.717) is 27.3 Å². The van der Waals surface area contributed by atoms with Gasteiger partial charge in [0.15, 0.2) is 5.82 Å². The molecule has 0 saturated carbocycles. The van der Waals surface area contributed by atoms with Crippen LogP contribution in [0.2, 0.25) is 0 Å². The molecular weight excluding hydrogens is 478 g/mol. The Morgan fingerprint density at radius 2 is 1.97 bits per heavy atom. The van der Waals surface area contributed by atoms with Crippen LogP contribution in [0.3, 0.4) is 0 Å². The Morgan fingerprint density at radius 1 is 1.09 bits per heavy atom. The second-order valence-electron chi connectivity index (χ2n) is 8.23. The van der Waals surface area contributed by atoms with Gasteiger partial charge >= 0.3 is 0 Å². The second kappa shape index (κ2) is 10.3. The molecule has 176 valence electrons.